The quantitative estimate of drug-likeness (QED) is 0.888. The second-order valence-electron chi connectivity index (χ2n) is 4.57. The van der Waals surface area contributed by atoms with Crippen LogP contribution in [0.5, 0.6) is 0 Å². The molecule has 0 aliphatic heterocycles. The highest BCUT2D eigenvalue weighted by Crippen LogP contribution is 2.05. The third kappa shape index (κ3) is 4.37. The summed E-state index contributed by atoms with van der Waals surface area (Å²) < 4.78 is 26.1. The smallest absolute Gasteiger partial charge is 0.254 e. The van der Waals surface area contributed by atoms with Gasteiger partial charge in [0, 0.05) is 6.54 Å². The summed E-state index contributed by atoms with van der Waals surface area (Å²) in [6.45, 7) is -0.0525. The first-order valence-corrected chi connectivity index (χ1v) is 6.60. The van der Waals surface area contributed by atoms with Gasteiger partial charge in [-0.1, -0.05) is 24.3 Å². The molecule has 0 bridgehead atoms. The molecule has 0 heterocycles. The molecule has 4 nitrogen and oxygen atoms in total. The number of rotatable bonds is 5. The maximum absolute atomic E-state index is 13.4. The van der Waals surface area contributed by atoms with Crippen LogP contribution in [0.1, 0.15) is 15.9 Å². The van der Waals surface area contributed by atoms with Crippen LogP contribution in [0.4, 0.5) is 8.78 Å². The molecule has 6 heteroatoms. The first-order valence-electron chi connectivity index (χ1n) is 6.60. The molecule has 0 spiro atoms. The Morgan fingerprint density at radius 3 is 2.27 bits per heavy atom. The molecule has 0 fully saturated rings. The zero-order chi connectivity index (χ0) is 15.9. The van der Waals surface area contributed by atoms with E-state index < -0.39 is 17.6 Å². The van der Waals surface area contributed by atoms with Crippen LogP contribution in [0, 0.1) is 11.6 Å². The second-order valence-corrected chi connectivity index (χ2v) is 4.57. The summed E-state index contributed by atoms with van der Waals surface area (Å²) in [6, 6.07) is 11.2. The van der Waals surface area contributed by atoms with Crippen molar-refractivity contribution in [1.82, 2.24) is 10.6 Å². The molecule has 0 unspecified atom stereocenters. The van der Waals surface area contributed by atoms with Crippen molar-refractivity contribution in [3.63, 3.8) is 0 Å². The molecule has 0 saturated carbocycles. The summed E-state index contributed by atoms with van der Waals surface area (Å²) in [5.74, 6) is -2.08. The van der Waals surface area contributed by atoms with Crippen molar-refractivity contribution in [2.75, 3.05) is 6.54 Å². The normalized spacial score (nSPS) is 10.1. The minimum Gasteiger partial charge on any atom is -0.350 e. The first kappa shape index (κ1) is 15.6. The largest absolute Gasteiger partial charge is 0.350 e. The Balaban J connectivity index is 1.79. The highest BCUT2D eigenvalue weighted by atomic mass is 19.1. The molecule has 114 valence electrons. The molecule has 22 heavy (non-hydrogen) atoms. The lowest BCUT2D eigenvalue weighted by atomic mass is 10.2. The van der Waals surface area contributed by atoms with Crippen LogP contribution in [0.15, 0.2) is 48.5 Å². The first-order chi connectivity index (χ1) is 10.6. The topological polar surface area (TPSA) is 58.2 Å². The van der Waals surface area contributed by atoms with Gasteiger partial charge in [-0.2, -0.15) is 0 Å². The molecule has 0 aliphatic carbocycles. The SMILES string of the molecule is O=C(CNC(=O)c1ccccc1F)NCc1ccc(F)cc1. The molecule has 2 rings (SSSR count). The lowest BCUT2D eigenvalue weighted by Gasteiger charge is -2.07. The van der Waals surface area contributed by atoms with Crippen molar-refractivity contribution in [2.24, 2.45) is 0 Å². The van der Waals surface area contributed by atoms with E-state index in [1.54, 1.807) is 12.1 Å². The Morgan fingerprint density at radius 2 is 1.59 bits per heavy atom. The third-order valence-electron chi connectivity index (χ3n) is 2.93. The number of halogens is 2. The molecule has 0 atom stereocenters. The average molecular weight is 304 g/mol. The van der Waals surface area contributed by atoms with Crippen molar-refractivity contribution in [1.29, 1.82) is 0 Å². The van der Waals surface area contributed by atoms with Gasteiger partial charge in [-0.05, 0) is 29.8 Å². The summed E-state index contributed by atoms with van der Waals surface area (Å²) in [5, 5.41) is 4.90. The van der Waals surface area contributed by atoms with Gasteiger partial charge >= 0.3 is 0 Å². The number of amides is 2. The molecular formula is C16H14F2N2O2. The molecule has 0 aliphatic rings. The number of hydrogen-bond acceptors (Lipinski definition) is 2. The summed E-state index contributed by atoms with van der Waals surface area (Å²) in [5.41, 5.74) is 0.615. The fourth-order valence-electron chi connectivity index (χ4n) is 1.77. The second kappa shape index (κ2) is 7.31. The summed E-state index contributed by atoms with van der Waals surface area (Å²) in [4.78, 5) is 23.3. The van der Waals surface area contributed by atoms with Crippen molar-refractivity contribution < 1.29 is 18.4 Å². The Labute approximate surface area is 126 Å². The van der Waals surface area contributed by atoms with Gasteiger partial charge in [0.15, 0.2) is 0 Å². The van der Waals surface area contributed by atoms with Crippen molar-refractivity contribution in [3.05, 3.63) is 71.3 Å². The highest BCUT2D eigenvalue weighted by molar-refractivity contribution is 5.96. The monoisotopic (exact) mass is 304 g/mol. The summed E-state index contributed by atoms with van der Waals surface area (Å²) in [6.07, 6.45) is 0. The van der Waals surface area contributed by atoms with Crippen molar-refractivity contribution in [3.8, 4) is 0 Å². The molecule has 2 amide bonds. The number of hydrogen-bond donors (Lipinski definition) is 2. The summed E-state index contributed by atoms with van der Waals surface area (Å²) in [7, 11) is 0. The number of benzene rings is 2. The van der Waals surface area contributed by atoms with E-state index >= 15 is 0 Å². The van der Waals surface area contributed by atoms with Crippen LogP contribution >= 0.6 is 0 Å². The molecule has 2 aromatic rings. The van der Waals surface area contributed by atoms with Crippen LogP contribution in [0.25, 0.3) is 0 Å². The standard InChI is InChI=1S/C16H14F2N2O2/c17-12-7-5-11(6-8-12)9-19-15(21)10-20-16(22)13-3-1-2-4-14(13)18/h1-8H,9-10H2,(H,19,21)(H,20,22). The van der Waals surface area contributed by atoms with Crippen LogP contribution in [0.2, 0.25) is 0 Å². The van der Waals surface area contributed by atoms with E-state index in [0.29, 0.717) is 0 Å². The maximum atomic E-state index is 13.4. The zero-order valence-corrected chi connectivity index (χ0v) is 11.6. The minimum absolute atomic E-state index is 0.117. The lowest BCUT2D eigenvalue weighted by molar-refractivity contribution is -0.120. The van der Waals surface area contributed by atoms with E-state index in [0.717, 1.165) is 5.56 Å². The highest BCUT2D eigenvalue weighted by Gasteiger charge is 2.11. The third-order valence-corrected chi connectivity index (χ3v) is 2.93. The van der Waals surface area contributed by atoms with Gasteiger partial charge in [0.1, 0.15) is 11.6 Å². The number of carbonyl (C=O) groups excluding carboxylic acids is 2. The van der Waals surface area contributed by atoms with Gasteiger partial charge in [0.05, 0.1) is 12.1 Å². The predicted octanol–water partition coefficient (Wildman–Crippen LogP) is 2.01. The van der Waals surface area contributed by atoms with E-state index in [1.807, 2.05) is 0 Å². The molecule has 0 saturated heterocycles. The maximum Gasteiger partial charge on any atom is 0.254 e. The molecule has 0 aromatic heterocycles. The molecule has 2 N–H and O–H groups in total. The number of nitrogens with one attached hydrogen (secondary N) is 2. The number of carbonyl (C=O) groups is 2. The summed E-state index contributed by atoms with van der Waals surface area (Å²) >= 11 is 0. The molecule has 0 radical (unpaired) electrons. The fraction of sp³-hybridized carbons (Fsp3) is 0.125. The van der Waals surface area contributed by atoms with Crippen LogP contribution in [-0.2, 0) is 11.3 Å². The van der Waals surface area contributed by atoms with E-state index in [4.69, 9.17) is 0 Å². The van der Waals surface area contributed by atoms with Crippen molar-refractivity contribution in [2.45, 2.75) is 6.54 Å². The fourth-order valence-corrected chi connectivity index (χ4v) is 1.77. The predicted molar refractivity (Wildman–Crippen MR) is 77.0 cm³/mol. The Hall–Kier alpha value is -2.76. The minimum atomic E-state index is -0.657. The van der Waals surface area contributed by atoms with Crippen molar-refractivity contribution >= 4 is 11.8 Å². The Morgan fingerprint density at radius 1 is 0.909 bits per heavy atom. The van der Waals surface area contributed by atoms with Gasteiger partial charge in [0.25, 0.3) is 5.91 Å². The Bertz CT molecular complexity index is 672. The van der Waals surface area contributed by atoms with Gasteiger partial charge in [-0.3, -0.25) is 9.59 Å². The van der Waals surface area contributed by atoms with Gasteiger partial charge in [-0.25, -0.2) is 8.78 Å². The van der Waals surface area contributed by atoms with Crippen LogP contribution in [0.3, 0.4) is 0 Å². The van der Waals surface area contributed by atoms with E-state index in [9.17, 15) is 18.4 Å². The average Bonchev–Trinajstić information content (AvgIpc) is 2.52. The molecule has 2 aromatic carbocycles. The van der Waals surface area contributed by atoms with Gasteiger partial charge < -0.3 is 10.6 Å². The molecular weight excluding hydrogens is 290 g/mol. The van der Waals surface area contributed by atoms with E-state index in [2.05, 4.69) is 10.6 Å². The Kier molecular flexibility index (Phi) is 5.19. The zero-order valence-electron chi connectivity index (χ0n) is 11.6. The van der Waals surface area contributed by atoms with E-state index in [-0.39, 0.29) is 24.5 Å². The van der Waals surface area contributed by atoms with Crippen LogP contribution < -0.4 is 10.6 Å². The van der Waals surface area contributed by atoms with Gasteiger partial charge in [-0.15, -0.1) is 0 Å². The lowest BCUT2D eigenvalue weighted by Crippen LogP contribution is -2.36. The van der Waals surface area contributed by atoms with Crippen LogP contribution in [-0.4, -0.2) is 18.4 Å². The van der Waals surface area contributed by atoms with Gasteiger partial charge in [0.2, 0.25) is 5.91 Å². The van der Waals surface area contributed by atoms with E-state index in [1.165, 1.54) is 36.4 Å².